The summed E-state index contributed by atoms with van der Waals surface area (Å²) in [4.78, 5) is 41.5. The molecule has 2 aliphatic heterocycles. The molecule has 0 N–H and O–H groups in total. The number of aromatic nitrogens is 4. The summed E-state index contributed by atoms with van der Waals surface area (Å²) in [7, 11) is 1.74. The van der Waals surface area contributed by atoms with Gasteiger partial charge in [0.1, 0.15) is 5.82 Å². The zero-order valence-corrected chi connectivity index (χ0v) is 27.7. The molecule has 11 nitrogen and oxygen atoms in total. The number of fused-ring (bicyclic) bond motifs is 2. The second-order valence-electron chi connectivity index (χ2n) is 12.4. The number of hydrogen-bond acceptors (Lipinski definition) is 9. The molecule has 0 saturated carbocycles. The number of hydrogen-bond donors (Lipinski definition) is 0. The van der Waals surface area contributed by atoms with Crippen molar-refractivity contribution < 1.29 is 14.2 Å². The van der Waals surface area contributed by atoms with Crippen LogP contribution in [0.1, 0.15) is 52.1 Å². The molecule has 4 aromatic rings. The van der Waals surface area contributed by atoms with Gasteiger partial charge in [0.15, 0.2) is 11.5 Å². The molecule has 0 spiro atoms. The van der Waals surface area contributed by atoms with Gasteiger partial charge >= 0.3 is 5.69 Å². The second-order valence-corrected chi connectivity index (χ2v) is 12.4. The lowest BCUT2D eigenvalue weighted by Gasteiger charge is -2.35. The van der Waals surface area contributed by atoms with E-state index in [2.05, 4.69) is 9.80 Å². The molecular formula is C33H43ClN6O5. The van der Waals surface area contributed by atoms with Crippen LogP contribution < -0.4 is 30.5 Å². The minimum absolute atomic E-state index is 0. The Bertz CT molecular complexity index is 1810. The number of anilines is 2. The van der Waals surface area contributed by atoms with Crippen LogP contribution in [0, 0.1) is 6.92 Å². The van der Waals surface area contributed by atoms with E-state index in [1.165, 1.54) is 4.57 Å². The van der Waals surface area contributed by atoms with Crippen molar-refractivity contribution in [3.05, 3.63) is 56.7 Å². The van der Waals surface area contributed by atoms with Crippen molar-refractivity contribution in [1.29, 1.82) is 0 Å². The number of nitrogens with zero attached hydrogens (tertiary/aromatic N) is 6. The number of aryl methyl sites for hydroxylation is 2. The minimum atomic E-state index is -0.278. The third kappa shape index (κ3) is 6.46. The smallest absolute Gasteiger partial charge is 0.331 e. The van der Waals surface area contributed by atoms with Crippen molar-refractivity contribution in [3.8, 4) is 11.5 Å². The predicted molar refractivity (Wildman–Crippen MR) is 180 cm³/mol. The Labute approximate surface area is 269 Å². The standard InChI is InChI=1S/C33H42N6O5.ClH/c1-20(2)43-28-18-24-26(19-29(28)44-21(3)4)34-32(38-13-15-42-16-14-38)35-30(24)37-11-9-23(10-12-37)39-31(40)25-17-22(5)7-8-27(25)36(6)33(39)41;/h7-8,17-21,23H,9-16H2,1-6H3;1H. The van der Waals surface area contributed by atoms with Gasteiger partial charge in [0.25, 0.3) is 5.56 Å². The highest BCUT2D eigenvalue weighted by Gasteiger charge is 2.28. The van der Waals surface area contributed by atoms with Gasteiger partial charge in [-0.1, -0.05) is 11.6 Å². The second kappa shape index (κ2) is 13.3. The number of morpholine rings is 1. The van der Waals surface area contributed by atoms with Crippen LogP contribution >= 0.6 is 12.4 Å². The van der Waals surface area contributed by atoms with Gasteiger partial charge in [-0.2, -0.15) is 4.98 Å². The van der Waals surface area contributed by atoms with Crippen molar-refractivity contribution in [2.24, 2.45) is 7.05 Å². The number of piperidine rings is 1. The molecule has 2 aromatic heterocycles. The zero-order valence-electron chi connectivity index (χ0n) is 26.9. The van der Waals surface area contributed by atoms with E-state index >= 15 is 0 Å². The summed E-state index contributed by atoms with van der Waals surface area (Å²) in [5.74, 6) is 2.77. The van der Waals surface area contributed by atoms with E-state index in [9.17, 15) is 9.59 Å². The van der Waals surface area contributed by atoms with Crippen molar-refractivity contribution in [3.63, 3.8) is 0 Å². The molecule has 2 saturated heterocycles. The van der Waals surface area contributed by atoms with E-state index in [4.69, 9.17) is 24.2 Å². The summed E-state index contributed by atoms with van der Waals surface area (Å²) in [6.45, 7) is 13.9. The Hall–Kier alpha value is -3.83. The van der Waals surface area contributed by atoms with Gasteiger partial charge in [0.05, 0.1) is 41.8 Å². The maximum Gasteiger partial charge on any atom is 0.331 e. The molecule has 0 aliphatic carbocycles. The van der Waals surface area contributed by atoms with Crippen LogP contribution in [0.3, 0.4) is 0 Å². The molecule has 4 heterocycles. The molecule has 0 bridgehead atoms. The van der Waals surface area contributed by atoms with E-state index in [-0.39, 0.29) is 41.9 Å². The Morgan fingerprint density at radius 2 is 1.49 bits per heavy atom. The number of ether oxygens (including phenoxy) is 3. The molecule has 6 rings (SSSR count). The van der Waals surface area contributed by atoms with E-state index < -0.39 is 0 Å². The minimum Gasteiger partial charge on any atom is -0.487 e. The molecule has 2 aromatic carbocycles. The van der Waals surface area contributed by atoms with Crippen LogP contribution in [0.5, 0.6) is 11.5 Å². The quantitative estimate of drug-likeness (QED) is 0.287. The molecule has 12 heteroatoms. The van der Waals surface area contributed by atoms with Crippen LogP contribution in [0.25, 0.3) is 21.8 Å². The topological polar surface area (TPSA) is 104 Å². The fraction of sp³-hybridized carbons (Fsp3) is 0.515. The van der Waals surface area contributed by atoms with Gasteiger partial charge < -0.3 is 24.0 Å². The number of rotatable bonds is 7. The van der Waals surface area contributed by atoms with Gasteiger partial charge in [-0.15, -0.1) is 12.4 Å². The zero-order chi connectivity index (χ0) is 31.1. The molecule has 0 amide bonds. The average Bonchev–Trinajstić information content (AvgIpc) is 3.00. The van der Waals surface area contributed by atoms with Crippen LogP contribution in [0.15, 0.2) is 39.9 Å². The lowest BCUT2D eigenvalue weighted by atomic mass is 10.0. The summed E-state index contributed by atoms with van der Waals surface area (Å²) in [5.41, 5.74) is 1.92. The first-order chi connectivity index (χ1) is 21.1. The van der Waals surface area contributed by atoms with Gasteiger partial charge in [-0.05, 0) is 65.7 Å². The van der Waals surface area contributed by atoms with E-state index in [0.717, 1.165) is 22.3 Å². The fourth-order valence-corrected chi connectivity index (χ4v) is 6.20. The third-order valence-electron chi connectivity index (χ3n) is 8.33. The summed E-state index contributed by atoms with van der Waals surface area (Å²) >= 11 is 0. The summed E-state index contributed by atoms with van der Waals surface area (Å²) in [6.07, 6.45) is 1.20. The van der Waals surface area contributed by atoms with Gasteiger partial charge in [-0.25, -0.2) is 9.78 Å². The van der Waals surface area contributed by atoms with Crippen LogP contribution in [-0.2, 0) is 11.8 Å². The predicted octanol–water partition coefficient (Wildman–Crippen LogP) is 4.63. The van der Waals surface area contributed by atoms with E-state index in [1.807, 2.05) is 65.0 Å². The van der Waals surface area contributed by atoms with E-state index in [0.29, 0.717) is 80.6 Å². The molecule has 242 valence electrons. The maximum absolute atomic E-state index is 13.6. The Kier molecular flexibility index (Phi) is 9.60. The van der Waals surface area contributed by atoms with Crippen LogP contribution in [-0.4, -0.2) is 70.7 Å². The summed E-state index contributed by atoms with van der Waals surface area (Å²) in [6, 6.07) is 9.38. The van der Waals surface area contributed by atoms with E-state index in [1.54, 1.807) is 11.6 Å². The van der Waals surface area contributed by atoms with Gasteiger partial charge in [0, 0.05) is 50.7 Å². The van der Waals surface area contributed by atoms with Crippen LogP contribution in [0.4, 0.5) is 11.8 Å². The molecule has 2 fully saturated rings. The first-order valence-electron chi connectivity index (χ1n) is 15.6. The first kappa shape index (κ1) is 32.6. The SMILES string of the molecule is Cc1ccc2c(c1)c(=O)n(C1CCN(c3nc(N4CCOCC4)nc4cc(OC(C)C)c(OC(C)C)cc34)CC1)c(=O)n2C.Cl. The lowest BCUT2D eigenvalue weighted by molar-refractivity contribution is 0.122. The molecule has 0 radical (unpaired) electrons. The number of benzene rings is 2. The van der Waals surface area contributed by atoms with Crippen molar-refractivity contribution in [2.75, 3.05) is 49.2 Å². The highest BCUT2D eigenvalue weighted by Crippen LogP contribution is 2.39. The fourth-order valence-electron chi connectivity index (χ4n) is 6.20. The van der Waals surface area contributed by atoms with Crippen molar-refractivity contribution >= 4 is 46.0 Å². The molecular weight excluding hydrogens is 596 g/mol. The molecule has 0 unspecified atom stereocenters. The Morgan fingerprint density at radius 3 is 2.13 bits per heavy atom. The maximum atomic E-state index is 13.6. The lowest BCUT2D eigenvalue weighted by Crippen LogP contribution is -2.45. The van der Waals surface area contributed by atoms with Crippen LogP contribution in [0.2, 0.25) is 0 Å². The molecule has 2 aliphatic rings. The Balaban J connectivity index is 0.00000400. The van der Waals surface area contributed by atoms with Gasteiger partial charge in [-0.3, -0.25) is 13.9 Å². The monoisotopic (exact) mass is 638 g/mol. The first-order valence-corrected chi connectivity index (χ1v) is 15.6. The van der Waals surface area contributed by atoms with Crippen molar-refractivity contribution in [1.82, 2.24) is 19.1 Å². The van der Waals surface area contributed by atoms with Crippen molar-refractivity contribution in [2.45, 2.75) is 65.7 Å². The summed E-state index contributed by atoms with van der Waals surface area (Å²) in [5, 5.41) is 1.45. The third-order valence-corrected chi connectivity index (χ3v) is 8.33. The normalized spacial score (nSPS) is 16.1. The number of halogens is 1. The molecule has 45 heavy (non-hydrogen) atoms. The highest BCUT2D eigenvalue weighted by molar-refractivity contribution is 5.93. The Morgan fingerprint density at radius 1 is 0.844 bits per heavy atom. The molecule has 0 atom stereocenters. The summed E-state index contributed by atoms with van der Waals surface area (Å²) < 4.78 is 21.0. The van der Waals surface area contributed by atoms with Gasteiger partial charge in [0.2, 0.25) is 5.95 Å². The highest BCUT2D eigenvalue weighted by atomic mass is 35.5. The average molecular weight is 639 g/mol. The largest absolute Gasteiger partial charge is 0.487 e.